The van der Waals surface area contributed by atoms with Crippen molar-refractivity contribution in [1.82, 2.24) is 0 Å². The van der Waals surface area contributed by atoms with Gasteiger partial charge in [0.2, 0.25) is 0 Å². The minimum atomic E-state index is -4.58. The molecule has 3 rings (SSSR count). The average molecular weight is 448 g/mol. The van der Waals surface area contributed by atoms with E-state index in [1.54, 1.807) is 24.3 Å². The first-order valence-electron chi connectivity index (χ1n) is 9.19. The zero-order valence-electron chi connectivity index (χ0n) is 16.1. The first-order valence-corrected chi connectivity index (χ1v) is 9.57. The molecule has 0 saturated carbocycles. The summed E-state index contributed by atoms with van der Waals surface area (Å²) < 4.78 is 43.6. The Morgan fingerprint density at radius 3 is 2.32 bits per heavy atom. The Labute approximate surface area is 181 Å². The standard InChI is InChI=1S/C23H17ClF3NO3/c24-19-11-10-17(23(25,26)27)13-20(19)28-21(29)14-31-22(30)18-9-5-4-8-16(18)12-15-6-2-1-3-7-15/h1-11,13H,12,14H2,(H,28,29). The van der Waals surface area contributed by atoms with Gasteiger partial charge < -0.3 is 10.1 Å². The van der Waals surface area contributed by atoms with Gasteiger partial charge in [0.15, 0.2) is 6.61 Å². The molecule has 0 heterocycles. The van der Waals surface area contributed by atoms with E-state index in [0.717, 1.165) is 29.3 Å². The van der Waals surface area contributed by atoms with Gasteiger partial charge in [-0.05, 0) is 41.8 Å². The fraction of sp³-hybridized carbons (Fsp3) is 0.130. The SMILES string of the molecule is O=C(COC(=O)c1ccccc1Cc1ccccc1)Nc1cc(C(F)(F)F)ccc1Cl. The molecule has 160 valence electrons. The lowest BCUT2D eigenvalue weighted by atomic mass is 10.00. The van der Waals surface area contributed by atoms with Crippen molar-refractivity contribution in [2.24, 2.45) is 0 Å². The summed E-state index contributed by atoms with van der Waals surface area (Å²) in [5, 5.41) is 2.17. The van der Waals surface area contributed by atoms with E-state index in [4.69, 9.17) is 16.3 Å². The van der Waals surface area contributed by atoms with Gasteiger partial charge in [0.25, 0.3) is 5.91 Å². The fourth-order valence-electron chi connectivity index (χ4n) is 2.88. The second kappa shape index (κ2) is 9.66. The predicted molar refractivity (Wildman–Crippen MR) is 111 cm³/mol. The van der Waals surface area contributed by atoms with Crippen molar-refractivity contribution in [1.29, 1.82) is 0 Å². The summed E-state index contributed by atoms with van der Waals surface area (Å²) >= 11 is 5.86. The van der Waals surface area contributed by atoms with Crippen LogP contribution in [-0.2, 0) is 22.1 Å². The molecule has 1 amide bonds. The van der Waals surface area contributed by atoms with Crippen LogP contribution in [0.25, 0.3) is 0 Å². The molecule has 8 heteroatoms. The number of halogens is 4. The Balaban J connectivity index is 1.65. The van der Waals surface area contributed by atoms with Crippen molar-refractivity contribution >= 4 is 29.2 Å². The minimum Gasteiger partial charge on any atom is -0.452 e. The normalized spacial score (nSPS) is 11.1. The number of rotatable bonds is 6. The second-order valence-electron chi connectivity index (χ2n) is 6.64. The van der Waals surface area contributed by atoms with Gasteiger partial charge in [-0.25, -0.2) is 4.79 Å². The molecule has 0 aliphatic heterocycles. The smallest absolute Gasteiger partial charge is 0.416 e. The summed E-state index contributed by atoms with van der Waals surface area (Å²) in [6.07, 6.45) is -4.09. The Kier molecular flexibility index (Phi) is 6.97. The van der Waals surface area contributed by atoms with Gasteiger partial charge in [-0.1, -0.05) is 60.1 Å². The van der Waals surface area contributed by atoms with Crippen LogP contribution < -0.4 is 5.32 Å². The molecule has 3 aromatic carbocycles. The topological polar surface area (TPSA) is 55.4 Å². The molecule has 0 aliphatic carbocycles. The highest BCUT2D eigenvalue weighted by Gasteiger charge is 2.31. The van der Waals surface area contributed by atoms with Crippen LogP contribution in [0.2, 0.25) is 5.02 Å². The molecule has 0 saturated heterocycles. The Morgan fingerprint density at radius 2 is 1.61 bits per heavy atom. The van der Waals surface area contributed by atoms with Crippen molar-refractivity contribution in [2.75, 3.05) is 11.9 Å². The van der Waals surface area contributed by atoms with Crippen molar-refractivity contribution in [3.05, 3.63) is 100 Å². The van der Waals surface area contributed by atoms with E-state index in [9.17, 15) is 22.8 Å². The largest absolute Gasteiger partial charge is 0.452 e. The highest BCUT2D eigenvalue weighted by molar-refractivity contribution is 6.33. The van der Waals surface area contributed by atoms with Crippen LogP contribution >= 0.6 is 11.6 Å². The molecule has 3 aromatic rings. The van der Waals surface area contributed by atoms with Crippen LogP contribution in [0.1, 0.15) is 27.0 Å². The highest BCUT2D eigenvalue weighted by atomic mass is 35.5. The lowest BCUT2D eigenvalue weighted by Gasteiger charge is -2.12. The first kappa shape index (κ1) is 22.4. The van der Waals surface area contributed by atoms with E-state index in [-0.39, 0.29) is 10.7 Å². The van der Waals surface area contributed by atoms with Crippen molar-refractivity contribution in [3.8, 4) is 0 Å². The molecule has 31 heavy (non-hydrogen) atoms. The maximum Gasteiger partial charge on any atom is 0.416 e. The van der Waals surface area contributed by atoms with Gasteiger partial charge in [0, 0.05) is 0 Å². The summed E-state index contributed by atoms with van der Waals surface area (Å²) in [6.45, 7) is -0.676. The van der Waals surface area contributed by atoms with Crippen LogP contribution in [0.5, 0.6) is 0 Å². The molecule has 0 aliphatic rings. The van der Waals surface area contributed by atoms with E-state index < -0.39 is 30.2 Å². The fourth-order valence-corrected chi connectivity index (χ4v) is 3.05. The third-order valence-corrected chi connectivity index (χ3v) is 4.71. The number of alkyl halides is 3. The Morgan fingerprint density at radius 1 is 0.935 bits per heavy atom. The molecule has 4 nitrogen and oxygen atoms in total. The molecular weight excluding hydrogens is 431 g/mol. The van der Waals surface area contributed by atoms with Crippen LogP contribution in [0, 0.1) is 0 Å². The van der Waals surface area contributed by atoms with Crippen LogP contribution in [-0.4, -0.2) is 18.5 Å². The lowest BCUT2D eigenvalue weighted by Crippen LogP contribution is -2.22. The van der Waals surface area contributed by atoms with Crippen molar-refractivity contribution in [2.45, 2.75) is 12.6 Å². The van der Waals surface area contributed by atoms with Crippen LogP contribution in [0.3, 0.4) is 0 Å². The van der Waals surface area contributed by atoms with Crippen LogP contribution in [0.4, 0.5) is 18.9 Å². The van der Waals surface area contributed by atoms with E-state index >= 15 is 0 Å². The third kappa shape index (κ3) is 6.08. The van der Waals surface area contributed by atoms with Gasteiger partial charge in [-0.2, -0.15) is 13.2 Å². The van der Waals surface area contributed by atoms with Gasteiger partial charge in [-0.3, -0.25) is 4.79 Å². The van der Waals surface area contributed by atoms with Gasteiger partial charge >= 0.3 is 12.1 Å². The number of amides is 1. The number of carbonyl (C=O) groups excluding carboxylic acids is 2. The molecule has 0 aromatic heterocycles. The van der Waals surface area contributed by atoms with E-state index in [1.165, 1.54) is 0 Å². The summed E-state index contributed by atoms with van der Waals surface area (Å²) in [6, 6.07) is 18.9. The maximum atomic E-state index is 12.8. The van der Waals surface area contributed by atoms with Gasteiger partial charge in [-0.15, -0.1) is 0 Å². The summed E-state index contributed by atoms with van der Waals surface area (Å²) in [4.78, 5) is 24.6. The predicted octanol–water partition coefficient (Wildman–Crippen LogP) is 5.75. The summed E-state index contributed by atoms with van der Waals surface area (Å²) in [5.41, 5.74) is 0.844. The molecule has 0 spiro atoms. The van der Waals surface area contributed by atoms with Crippen molar-refractivity contribution < 1.29 is 27.5 Å². The quantitative estimate of drug-likeness (QED) is 0.490. The molecule has 1 N–H and O–H groups in total. The Bertz CT molecular complexity index is 1080. The molecular formula is C23H17ClF3NO3. The van der Waals surface area contributed by atoms with E-state index in [0.29, 0.717) is 12.0 Å². The maximum absolute atomic E-state index is 12.8. The number of anilines is 1. The third-order valence-electron chi connectivity index (χ3n) is 4.38. The molecule has 0 atom stereocenters. The number of ether oxygens (including phenoxy) is 1. The number of hydrogen-bond donors (Lipinski definition) is 1. The summed E-state index contributed by atoms with van der Waals surface area (Å²) in [7, 11) is 0. The molecule has 0 bridgehead atoms. The zero-order chi connectivity index (χ0) is 22.4. The highest BCUT2D eigenvalue weighted by Crippen LogP contribution is 2.33. The minimum absolute atomic E-state index is 0.0686. The Hall–Kier alpha value is -3.32. The molecule has 0 fully saturated rings. The van der Waals surface area contributed by atoms with E-state index in [1.807, 2.05) is 30.3 Å². The molecule has 0 radical (unpaired) electrons. The monoisotopic (exact) mass is 447 g/mol. The number of nitrogens with one attached hydrogen (secondary N) is 1. The van der Waals surface area contributed by atoms with Gasteiger partial charge in [0.05, 0.1) is 21.8 Å². The van der Waals surface area contributed by atoms with Crippen LogP contribution in [0.15, 0.2) is 72.8 Å². The van der Waals surface area contributed by atoms with E-state index in [2.05, 4.69) is 5.32 Å². The number of esters is 1. The molecule has 0 unspecified atom stereocenters. The van der Waals surface area contributed by atoms with Gasteiger partial charge in [0.1, 0.15) is 0 Å². The number of carbonyl (C=O) groups is 2. The zero-order valence-corrected chi connectivity index (χ0v) is 16.8. The lowest BCUT2D eigenvalue weighted by molar-refractivity contribution is -0.137. The average Bonchev–Trinajstić information content (AvgIpc) is 2.74. The summed E-state index contributed by atoms with van der Waals surface area (Å²) in [5.74, 6) is -1.52. The number of benzene rings is 3. The van der Waals surface area contributed by atoms with Crippen molar-refractivity contribution in [3.63, 3.8) is 0 Å². The first-order chi connectivity index (χ1) is 14.7. The second-order valence-corrected chi connectivity index (χ2v) is 7.04. The number of hydrogen-bond acceptors (Lipinski definition) is 3.